The summed E-state index contributed by atoms with van der Waals surface area (Å²) in [5, 5.41) is 6.52. The van der Waals surface area contributed by atoms with Crippen LogP contribution in [0.15, 0.2) is 29.3 Å². The highest BCUT2D eigenvalue weighted by atomic mass is 127. The van der Waals surface area contributed by atoms with E-state index in [1.807, 2.05) is 31.2 Å². The summed E-state index contributed by atoms with van der Waals surface area (Å²) in [6.45, 7) is 4.88. The molecule has 0 saturated heterocycles. The Kier molecular flexibility index (Phi) is 11.1. The number of sulfonamides is 1. The number of nitrogens with one attached hydrogen (secondary N) is 2. The van der Waals surface area contributed by atoms with E-state index < -0.39 is 10.0 Å². The summed E-state index contributed by atoms with van der Waals surface area (Å²) < 4.78 is 30.6. The number of ether oxygens (including phenoxy) is 1. The number of benzene rings is 1. The summed E-state index contributed by atoms with van der Waals surface area (Å²) in [7, 11) is -1.41. The van der Waals surface area contributed by atoms with Gasteiger partial charge >= 0.3 is 0 Å². The van der Waals surface area contributed by atoms with Crippen LogP contribution >= 0.6 is 24.0 Å². The lowest BCUT2D eigenvalue weighted by molar-refractivity contribution is 0.296. The Balaban J connectivity index is 0.00000392. The molecule has 0 spiro atoms. The predicted molar refractivity (Wildman–Crippen MR) is 125 cm³/mol. The molecule has 0 amide bonds. The van der Waals surface area contributed by atoms with Crippen molar-refractivity contribution in [3.05, 3.63) is 29.8 Å². The molecule has 1 aliphatic rings. The highest BCUT2D eigenvalue weighted by Gasteiger charge is 2.22. The Bertz CT molecular complexity index is 724. The molecular formula is C19H33IN4O3S. The van der Waals surface area contributed by atoms with Crippen molar-refractivity contribution >= 4 is 40.0 Å². The molecule has 0 radical (unpaired) electrons. The zero-order valence-corrected chi connectivity index (χ0v) is 20.1. The van der Waals surface area contributed by atoms with Crippen LogP contribution in [0, 0.1) is 5.92 Å². The number of para-hydroxylation sites is 1. The van der Waals surface area contributed by atoms with Crippen LogP contribution in [0.1, 0.15) is 31.7 Å². The summed E-state index contributed by atoms with van der Waals surface area (Å²) in [6, 6.07) is 8.04. The zero-order valence-electron chi connectivity index (χ0n) is 17.0. The topological polar surface area (TPSA) is 83.0 Å². The number of hydrogen-bond donors (Lipinski definition) is 2. The lowest BCUT2D eigenvalue weighted by Crippen LogP contribution is -2.39. The summed E-state index contributed by atoms with van der Waals surface area (Å²) in [4.78, 5) is 4.22. The number of guanidine groups is 1. The number of rotatable bonds is 11. The van der Waals surface area contributed by atoms with Crippen LogP contribution < -0.4 is 15.4 Å². The van der Waals surface area contributed by atoms with Gasteiger partial charge in [-0.05, 0) is 31.2 Å². The minimum atomic E-state index is -3.13. The maximum absolute atomic E-state index is 11.6. The molecule has 160 valence electrons. The molecule has 1 fully saturated rings. The van der Waals surface area contributed by atoms with E-state index in [0.717, 1.165) is 23.8 Å². The monoisotopic (exact) mass is 524 g/mol. The van der Waals surface area contributed by atoms with Gasteiger partial charge in [-0.15, -0.1) is 24.0 Å². The van der Waals surface area contributed by atoms with Gasteiger partial charge in [-0.3, -0.25) is 4.99 Å². The van der Waals surface area contributed by atoms with Gasteiger partial charge in [-0.2, -0.15) is 0 Å². The maximum atomic E-state index is 11.6. The van der Waals surface area contributed by atoms with E-state index in [1.54, 1.807) is 7.05 Å². The van der Waals surface area contributed by atoms with Gasteiger partial charge < -0.3 is 15.4 Å². The number of hydrogen-bond acceptors (Lipinski definition) is 4. The van der Waals surface area contributed by atoms with Crippen LogP contribution in [0.5, 0.6) is 5.75 Å². The van der Waals surface area contributed by atoms with E-state index in [9.17, 15) is 8.42 Å². The van der Waals surface area contributed by atoms with Crippen molar-refractivity contribution in [3.63, 3.8) is 0 Å². The lowest BCUT2D eigenvalue weighted by Gasteiger charge is -2.18. The summed E-state index contributed by atoms with van der Waals surface area (Å²) >= 11 is 0. The van der Waals surface area contributed by atoms with Crippen molar-refractivity contribution < 1.29 is 13.2 Å². The van der Waals surface area contributed by atoms with E-state index in [0.29, 0.717) is 38.6 Å². The first-order valence-electron chi connectivity index (χ1n) is 9.54. The third-order valence-corrected chi connectivity index (χ3v) is 5.89. The van der Waals surface area contributed by atoms with Crippen LogP contribution in [0.25, 0.3) is 0 Å². The van der Waals surface area contributed by atoms with E-state index in [1.165, 1.54) is 23.4 Å². The minimum Gasteiger partial charge on any atom is -0.493 e. The molecule has 1 aliphatic carbocycles. The molecule has 7 nitrogen and oxygen atoms in total. The largest absolute Gasteiger partial charge is 0.493 e. The second kappa shape index (κ2) is 12.5. The first-order valence-corrected chi connectivity index (χ1v) is 11.4. The third kappa shape index (κ3) is 8.95. The summed E-state index contributed by atoms with van der Waals surface area (Å²) in [5.74, 6) is 2.32. The molecule has 0 unspecified atom stereocenters. The normalized spacial score (nSPS) is 14.5. The molecule has 1 aromatic rings. The number of nitrogens with zero attached hydrogens (tertiary/aromatic N) is 2. The van der Waals surface area contributed by atoms with Gasteiger partial charge in [0.15, 0.2) is 5.96 Å². The summed E-state index contributed by atoms with van der Waals surface area (Å²) in [5.41, 5.74) is 1.09. The fourth-order valence-corrected chi connectivity index (χ4v) is 3.63. The number of halogens is 1. The zero-order chi connectivity index (χ0) is 19.7. The molecule has 0 aliphatic heterocycles. The quantitative estimate of drug-likeness (QED) is 0.201. The summed E-state index contributed by atoms with van der Waals surface area (Å²) in [6.07, 6.45) is 4.49. The van der Waals surface area contributed by atoms with Gasteiger partial charge in [0.2, 0.25) is 10.0 Å². The molecule has 0 heterocycles. The second-order valence-electron chi connectivity index (χ2n) is 6.82. The Morgan fingerprint density at radius 2 is 2.00 bits per heavy atom. The first kappa shape index (κ1) is 25.0. The molecule has 28 heavy (non-hydrogen) atoms. The van der Waals surface area contributed by atoms with Crippen LogP contribution in [-0.4, -0.2) is 58.2 Å². The second-order valence-corrected chi connectivity index (χ2v) is 8.81. The van der Waals surface area contributed by atoms with Gasteiger partial charge in [-0.25, -0.2) is 12.7 Å². The standard InChI is InChI=1S/C19H32N4O3S.HI/c1-4-23(27(3,24)25)13-7-12-21-19(20-2)22-14-17-8-5-6-9-18(17)26-15-16-10-11-16;/h5-6,8-9,16H,4,7,10-15H2,1-3H3,(H2,20,21,22);1H. The molecule has 2 rings (SSSR count). The van der Waals surface area contributed by atoms with Gasteiger partial charge in [0.1, 0.15) is 5.75 Å². The average molecular weight is 524 g/mol. The van der Waals surface area contributed by atoms with E-state index >= 15 is 0 Å². The molecular weight excluding hydrogens is 491 g/mol. The average Bonchev–Trinajstić information content (AvgIpc) is 3.46. The highest BCUT2D eigenvalue weighted by molar-refractivity contribution is 14.0. The van der Waals surface area contributed by atoms with Crippen molar-refractivity contribution in [2.45, 2.75) is 32.7 Å². The first-order chi connectivity index (χ1) is 12.9. The third-order valence-electron chi connectivity index (χ3n) is 4.51. The van der Waals surface area contributed by atoms with Crippen LogP contribution in [-0.2, 0) is 16.6 Å². The molecule has 0 atom stereocenters. The minimum absolute atomic E-state index is 0. The Morgan fingerprint density at radius 1 is 1.29 bits per heavy atom. The molecule has 0 aromatic heterocycles. The van der Waals surface area contributed by atoms with Crippen molar-refractivity contribution in [2.24, 2.45) is 10.9 Å². The van der Waals surface area contributed by atoms with Crippen LogP contribution in [0.2, 0.25) is 0 Å². The van der Waals surface area contributed by atoms with Gasteiger partial charge in [0, 0.05) is 38.8 Å². The van der Waals surface area contributed by atoms with E-state index in [-0.39, 0.29) is 24.0 Å². The highest BCUT2D eigenvalue weighted by Crippen LogP contribution is 2.30. The maximum Gasteiger partial charge on any atom is 0.211 e. The predicted octanol–water partition coefficient (Wildman–Crippen LogP) is 2.43. The lowest BCUT2D eigenvalue weighted by atomic mass is 10.2. The SMILES string of the molecule is CCN(CCCNC(=NC)NCc1ccccc1OCC1CC1)S(C)(=O)=O.I. The van der Waals surface area contributed by atoms with Crippen LogP contribution in [0.3, 0.4) is 0 Å². The van der Waals surface area contributed by atoms with Crippen molar-refractivity contribution in [1.82, 2.24) is 14.9 Å². The fourth-order valence-electron chi connectivity index (χ4n) is 2.70. The molecule has 1 aromatic carbocycles. The smallest absolute Gasteiger partial charge is 0.211 e. The molecule has 9 heteroatoms. The van der Waals surface area contributed by atoms with Crippen molar-refractivity contribution in [3.8, 4) is 5.75 Å². The fraction of sp³-hybridized carbons (Fsp3) is 0.632. The van der Waals surface area contributed by atoms with Gasteiger partial charge in [-0.1, -0.05) is 25.1 Å². The van der Waals surface area contributed by atoms with Gasteiger partial charge in [0.05, 0.1) is 12.9 Å². The van der Waals surface area contributed by atoms with Crippen molar-refractivity contribution in [2.75, 3.05) is 39.5 Å². The van der Waals surface area contributed by atoms with Crippen molar-refractivity contribution in [1.29, 1.82) is 0 Å². The van der Waals surface area contributed by atoms with E-state index in [2.05, 4.69) is 15.6 Å². The Morgan fingerprint density at radius 3 is 2.61 bits per heavy atom. The Hall–Kier alpha value is -1.07. The Labute approximate surface area is 186 Å². The number of aliphatic imine (C=N–C) groups is 1. The molecule has 1 saturated carbocycles. The molecule has 0 bridgehead atoms. The molecule has 2 N–H and O–H groups in total. The van der Waals surface area contributed by atoms with Crippen LogP contribution in [0.4, 0.5) is 0 Å². The van der Waals surface area contributed by atoms with E-state index in [4.69, 9.17) is 4.74 Å². The van der Waals surface area contributed by atoms with Gasteiger partial charge in [0.25, 0.3) is 0 Å².